The first-order valence-electron chi connectivity index (χ1n) is 16.2. The molecule has 0 unspecified atom stereocenters. The molecule has 4 aromatic carbocycles. The minimum absolute atomic E-state index is 0. The monoisotopic (exact) mass is 1040 g/mol. The van der Waals surface area contributed by atoms with E-state index in [4.69, 9.17) is 20.9 Å². The van der Waals surface area contributed by atoms with Gasteiger partial charge in [0.2, 0.25) is 6.20 Å². The van der Waals surface area contributed by atoms with Crippen LogP contribution >= 0.6 is 0 Å². The van der Waals surface area contributed by atoms with Crippen molar-refractivity contribution >= 4 is 17.4 Å². The quantitative estimate of drug-likeness (QED) is 0.0874. The Hall–Kier alpha value is -5.23. The second-order valence-corrected chi connectivity index (χ2v) is 11.4. The van der Waals surface area contributed by atoms with Crippen molar-refractivity contribution in [1.82, 2.24) is 9.55 Å². The number of rotatable bonds is 8. The first-order chi connectivity index (χ1) is 24.6. The van der Waals surface area contributed by atoms with Gasteiger partial charge in [-0.2, -0.15) is 42.5 Å². The number of ether oxygens (including phenoxy) is 2. The van der Waals surface area contributed by atoms with E-state index in [-0.39, 0.29) is 42.1 Å². The zero-order chi connectivity index (χ0) is 34.1. The van der Waals surface area contributed by atoms with Gasteiger partial charge in [0.1, 0.15) is 5.69 Å². The molecule has 7 nitrogen and oxygen atoms in total. The molecule has 0 aliphatic carbocycles. The van der Waals surface area contributed by atoms with E-state index in [0.717, 1.165) is 59.7 Å². The van der Waals surface area contributed by atoms with Crippen molar-refractivity contribution in [3.05, 3.63) is 159 Å². The Morgan fingerprint density at radius 2 is 1.42 bits per heavy atom. The summed E-state index contributed by atoms with van der Waals surface area (Å²) in [5.74, 6) is 2.43. The van der Waals surface area contributed by atoms with E-state index < -0.39 is 0 Å². The van der Waals surface area contributed by atoms with Crippen LogP contribution in [0.25, 0.3) is 22.4 Å². The molecule has 0 spiro atoms. The Morgan fingerprint density at radius 3 is 2.08 bits per heavy atom. The topological polar surface area (TPSA) is 45.5 Å². The van der Waals surface area contributed by atoms with E-state index in [0.29, 0.717) is 23.0 Å². The van der Waals surface area contributed by atoms with Gasteiger partial charge in [0.05, 0.1) is 0 Å². The molecule has 0 bridgehead atoms. The maximum Gasteiger partial charge on any atom is 4.00 e. The Balaban J connectivity index is 0.000000523. The summed E-state index contributed by atoms with van der Waals surface area (Å²) in [5.41, 5.74) is 5.31. The molecule has 0 N–H and O–H groups in total. The molecule has 1 fully saturated rings. The van der Waals surface area contributed by atoms with Crippen molar-refractivity contribution < 1.29 is 60.8 Å². The van der Waals surface area contributed by atoms with Gasteiger partial charge in [-0.15, -0.1) is 53.7 Å². The van der Waals surface area contributed by atoms with E-state index in [2.05, 4.69) is 47.3 Å². The van der Waals surface area contributed by atoms with Crippen molar-refractivity contribution in [3.63, 3.8) is 0 Å². The maximum absolute atomic E-state index is 6.57. The van der Waals surface area contributed by atoms with E-state index >= 15 is 0 Å². The molecule has 4 heterocycles. The molecule has 8 rings (SSSR count). The number of hydrogen-bond acceptors (Lipinski definition) is 4. The molecule has 0 radical (unpaired) electrons. The van der Waals surface area contributed by atoms with E-state index in [1.807, 2.05) is 120 Å². The van der Waals surface area contributed by atoms with Gasteiger partial charge >= 0.3 is 48.1 Å². The maximum atomic E-state index is 6.57. The van der Waals surface area contributed by atoms with Crippen LogP contribution in [0.3, 0.4) is 0 Å². The minimum atomic E-state index is 0. The van der Waals surface area contributed by atoms with Crippen molar-refractivity contribution in [2.24, 2.45) is 0 Å². The van der Waals surface area contributed by atoms with Gasteiger partial charge in [-0.05, 0) is 25.0 Å². The summed E-state index contributed by atoms with van der Waals surface area (Å²) in [4.78, 5) is 7.20. The largest absolute Gasteiger partial charge is 4.00 e. The van der Waals surface area contributed by atoms with Gasteiger partial charge in [-0.25, -0.2) is 12.1 Å². The van der Waals surface area contributed by atoms with Crippen molar-refractivity contribution in [2.45, 2.75) is 12.8 Å². The van der Waals surface area contributed by atoms with Crippen LogP contribution < -0.4 is 14.4 Å². The molecule has 258 valence electrons. The molecular weight excluding hydrogens is 1010 g/mol. The van der Waals surface area contributed by atoms with Crippen LogP contribution in [0.2, 0.25) is 0 Å². The molecular formula is C43H31N5O2Pt2+2. The zero-order valence-electron chi connectivity index (χ0n) is 28.1. The van der Waals surface area contributed by atoms with Crippen molar-refractivity contribution in [2.75, 3.05) is 25.0 Å². The van der Waals surface area contributed by atoms with Gasteiger partial charge < -0.3 is 30.3 Å². The predicted molar refractivity (Wildman–Crippen MR) is 191 cm³/mol. The smallest absolute Gasteiger partial charge is 0.669 e. The summed E-state index contributed by atoms with van der Waals surface area (Å²) in [5, 5.41) is 0. The van der Waals surface area contributed by atoms with Gasteiger partial charge in [-0.1, -0.05) is 39.2 Å². The van der Waals surface area contributed by atoms with Gasteiger partial charge in [-0.3, -0.25) is 11.1 Å². The molecule has 2 aliphatic rings. The molecule has 0 atom stereocenters. The molecule has 2 aliphatic heterocycles. The predicted octanol–water partition coefficient (Wildman–Crippen LogP) is 8.42. The van der Waals surface area contributed by atoms with E-state index in [1.165, 1.54) is 0 Å². The van der Waals surface area contributed by atoms with Gasteiger partial charge in [0.15, 0.2) is 7.05 Å². The summed E-state index contributed by atoms with van der Waals surface area (Å²) >= 11 is 0. The standard InChI is InChI=1S/C37H27N4O2.C6H4N.2Pt/c1-39-22-23-41(27-39)30-12-9-17-34(26-30)43-33-16-8-11-29(25-33)36-37(40-20-5-6-21-40)35(18-19-38-36)28-10-7-15-32(24-28)42-31-13-3-2-4-14-31;1-2-7-5-3-4-6-7;;/h2-4,7-13,15-17,19,22-23H,5-6,20-21H2,1H3;3-6H;;/q-3;-1;+2;+4. The fourth-order valence-corrected chi connectivity index (χ4v) is 5.62. The molecule has 0 saturated carbocycles. The first kappa shape index (κ1) is 38.0. The Morgan fingerprint density at radius 1 is 0.769 bits per heavy atom. The number of hydrogen-bond donors (Lipinski definition) is 0. The number of aromatic nitrogens is 2. The summed E-state index contributed by atoms with van der Waals surface area (Å²) in [6.45, 7) is 1.89. The summed E-state index contributed by atoms with van der Waals surface area (Å²) < 4.78 is 17.6. The van der Waals surface area contributed by atoms with Crippen LogP contribution in [-0.4, -0.2) is 44.8 Å². The Bertz CT molecular complexity index is 2250. The average molecular weight is 1040 g/mol. The van der Waals surface area contributed by atoms with Crippen LogP contribution in [0.5, 0.6) is 23.0 Å². The fourth-order valence-electron chi connectivity index (χ4n) is 5.62. The number of nitrogens with zero attached hydrogens (tertiary/aromatic N) is 5. The number of para-hydroxylation sites is 1. The van der Waals surface area contributed by atoms with Crippen LogP contribution in [0, 0.1) is 42.8 Å². The normalized spacial score (nSPS) is 12.7. The molecule has 52 heavy (non-hydrogen) atoms. The van der Waals surface area contributed by atoms with E-state index in [9.17, 15) is 0 Å². The molecule has 0 amide bonds. The van der Waals surface area contributed by atoms with E-state index in [1.54, 1.807) is 23.2 Å². The SMILES string of the molecule is C[N+]1=C=[N+](c2[c-]c(Oc3[c-]c(-c4nc[c-]c(-c5[c-]c(Oc6[c-]cccc6)ccc5)c4N4CCCC4)ccc3)ccc2)C=C1.[C-]#Cn1cccc1.[Pt+2].[Pt+4]. The summed E-state index contributed by atoms with van der Waals surface area (Å²) in [6, 6.07) is 50.9. The molecule has 6 aromatic rings. The Kier molecular flexibility index (Phi) is 13.4. The average Bonchev–Trinajstić information content (AvgIpc) is 3.97. The first-order valence-corrected chi connectivity index (χ1v) is 16.2. The van der Waals surface area contributed by atoms with Crippen molar-refractivity contribution in [1.29, 1.82) is 0 Å². The zero-order valence-corrected chi connectivity index (χ0v) is 32.6. The molecule has 1 saturated heterocycles. The molecule has 9 heteroatoms. The second kappa shape index (κ2) is 18.3. The van der Waals surface area contributed by atoms with Crippen LogP contribution in [0.4, 0.5) is 11.4 Å². The second-order valence-electron chi connectivity index (χ2n) is 11.4. The summed E-state index contributed by atoms with van der Waals surface area (Å²) in [6.07, 6.45) is 17.9. The number of pyridine rings is 1. The van der Waals surface area contributed by atoms with Gasteiger partial charge in [0, 0.05) is 48.5 Å². The third-order valence-corrected chi connectivity index (χ3v) is 7.92. The number of benzene rings is 4. The molecule has 2 aromatic heterocycles. The minimum Gasteiger partial charge on any atom is -0.669 e. The third-order valence-electron chi connectivity index (χ3n) is 7.92. The van der Waals surface area contributed by atoms with Crippen LogP contribution in [-0.2, 0) is 42.1 Å². The van der Waals surface area contributed by atoms with Crippen LogP contribution in [0.15, 0.2) is 122 Å². The summed E-state index contributed by atoms with van der Waals surface area (Å²) in [7, 11) is 1.93. The third kappa shape index (κ3) is 9.35. The number of anilines is 1. The fraction of sp³-hybridized carbons (Fsp3) is 0.116. The van der Waals surface area contributed by atoms with Crippen molar-refractivity contribution in [3.8, 4) is 51.4 Å². The van der Waals surface area contributed by atoms with Gasteiger partial charge in [0.25, 0.3) is 6.20 Å². The van der Waals surface area contributed by atoms with Crippen LogP contribution in [0.1, 0.15) is 12.8 Å². The Labute approximate surface area is 333 Å².